The van der Waals surface area contributed by atoms with Crippen molar-refractivity contribution in [3.63, 3.8) is 0 Å². The predicted octanol–water partition coefficient (Wildman–Crippen LogP) is 3.03. The van der Waals surface area contributed by atoms with E-state index in [9.17, 15) is 18.0 Å². The van der Waals surface area contributed by atoms with Crippen LogP contribution in [0.15, 0.2) is 71.6 Å². The lowest BCUT2D eigenvalue weighted by Gasteiger charge is -2.20. The molecular weight excluding hydrogens is 426 g/mol. The molecule has 1 heterocycles. The predicted molar refractivity (Wildman–Crippen MR) is 123 cm³/mol. The summed E-state index contributed by atoms with van der Waals surface area (Å²) >= 11 is 0. The van der Waals surface area contributed by atoms with E-state index in [1.54, 1.807) is 66.7 Å². The Kier molecular flexibility index (Phi) is 5.71. The summed E-state index contributed by atoms with van der Waals surface area (Å²) in [5.41, 5.74) is 9.39. The number of rotatable bonds is 6. The quantitative estimate of drug-likeness (QED) is 0.603. The third-order valence-electron chi connectivity index (χ3n) is 5.39. The van der Waals surface area contributed by atoms with E-state index in [4.69, 9.17) is 5.73 Å². The van der Waals surface area contributed by atoms with Crippen LogP contribution in [0.3, 0.4) is 0 Å². The Morgan fingerprint density at radius 1 is 1.00 bits per heavy atom. The molecule has 0 bridgehead atoms. The summed E-state index contributed by atoms with van der Waals surface area (Å²) in [7, 11) is -3.66. The van der Waals surface area contributed by atoms with Gasteiger partial charge in [0.1, 0.15) is 0 Å². The van der Waals surface area contributed by atoms with Crippen molar-refractivity contribution in [2.75, 3.05) is 16.2 Å². The second-order valence-electron chi connectivity index (χ2n) is 7.78. The van der Waals surface area contributed by atoms with Crippen LogP contribution < -0.4 is 15.4 Å². The summed E-state index contributed by atoms with van der Waals surface area (Å²) in [5.74, 6) is -0.714. The lowest BCUT2D eigenvalue weighted by Crippen LogP contribution is -2.29. The Labute approximate surface area is 186 Å². The summed E-state index contributed by atoms with van der Waals surface area (Å²) < 4.78 is 27.6. The van der Waals surface area contributed by atoms with Crippen molar-refractivity contribution in [2.24, 2.45) is 5.73 Å². The van der Waals surface area contributed by atoms with Crippen molar-refractivity contribution < 1.29 is 18.0 Å². The van der Waals surface area contributed by atoms with Crippen molar-refractivity contribution in [2.45, 2.75) is 24.7 Å². The highest BCUT2D eigenvalue weighted by Gasteiger charge is 2.31. The van der Waals surface area contributed by atoms with Gasteiger partial charge in [-0.15, -0.1) is 0 Å². The number of fused-ring (bicyclic) bond motifs is 1. The van der Waals surface area contributed by atoms with Gasteiger partial charge in [0.25, 0.3) is 15.9 Å². The molecule has 3 aromatic rings. The Bertz CT molecular complexity index is 1280. The van der Waals surface area contributed by atoms with Crippen LogP contribution in [0, 0.1) is 6.92 Å². The Morgan fingerprint density at radius 2 is 1.69 bits per heavy atom. The van der Waals surface area contributed by atoms with Gasteiger partial charge in [-0.3, -0.25) is 13.9 Å². The number of hydrogen-bond acceptors (Lipinski definition) is 4. The fourth-order valence-electron chi connectivity index (χ4n) is 3.71. The van der Waals surface area contributed by atoms with Crippen molar-refractivity contribution in [1.82, 2.24) is 0 Å². The zero-order valence-electron chi connectivity index (χ0n) is 17.5. The highest BCUT2D eigenvalue weighted by atomic mass is 32.2. The van der Waals surface area contributed by atoms with Crippen molar-refractivity contribution in [3.8, 4) is 0 Å². The average molecular weight is 450 g/mol. The molecule has 0 fully saturated rings. The van der Waals surface area contributed by atoms with E-state index in [0.29, 0.717) is 29.9 Å². The van der Waals surface area contributed by atoms with Crippen LogP contribution in [0.5, 0.6) is 0 Å². The number of carbonyl (C=O) groups excluding carboxylic acids is 2. The van der Waals surface area contributed by atoms with Gasteiger partial charge in [0.05, 0.1) is 17.0 Å². The van der Waals surface area contributed by atoms with Gasteiger partial charge in [0.15, 0.2) is 0 Å². The van der Waals surface area contributed by atoms with Gasteiger partial charge < -0.3 is 11.1 Å². The van der Waals surface area contributed by atoms with Crippen molar-refractivity contribution >= 4 is 33.2 Å². The van der Waals surface area contributed by atoms with E-state index in [1.165, 1.54) is 4.31 Å². The summed E-state index contributed by atoms with van der Waals surface area (Å²) in [6, 6.07) is 18.7. The third-order valence-corrected chi connectivity index (χ3v) is 7.22. The van der Waals surface area contributed by atoms with Gasteiger partial charge in [-0.05, 0) is 66.9 Å². The van der Waals surface area contributed by atoms with Crippen LogP contribution >= 0.6 is 0 Å². The van der Waals surface area contributed by atoms with Gasteiger partial charge in [0.2, 0.25) is 5.91 Å². The summed E-state index contributed by atoms with van der Waals surface area (Å²) in [4.78, 5) is 23.9. The van der Waals surface area contributed by atoms with Crippen LogP contribution in [0.2, 0.25) is 0 Å². The number of sulfonamides is 1. The molecule has 0 unspecified atom stereocenters. The molecule has 0 aliphatic carbocycles. The molecule has 0 saturated carbocycles. The molecule has 0 saturated heterocycles. The topological polar surface area (TPSA) is 110 Å². The van der Waals surface area contributed by atoms with Crippen LogP contribution in [0.25, 0.3) is 0 Å². The maximum absolute atomic E-state index is 13.1. The minimum Gasteiger partial charge on any atom is -0.369 e. The average Bonchev–Trinajstić information content (AvgIpc) is 3.19. The first kappa shape index (κ1) is 21.6. The van der Waals surface area contributed by atoms with Gasteiger partial charge in [-0.2, -0.15) is 0 Å². The summed E-state index contributed by atoms with van der Waals surface area (Å²) in [5, 5.41) is 2.82. The van der Waals surface area contributed by atoms with Crippen LogP contribution in [-0.2, 0) is 27.7 Å². The van der Waals surface area contributed by atoms with E-state index in [1.807, 2.05) is 6.92 Å². The normalized spacial score (nSPS) is 13.0. The van der Waals surface area contributed by atoms with Gasteiger partial charge in [-0.25, -0.2) is 8.42 Å². The van der Waals surface area contributed by atoms with Gasteiger partial charge >= 0.3 is 0 Å². The third kappa shape index (κ3) is 4.36. The van der Waals surface area contributed by atoms with Crippen molar-refractivity contribution in [1.29, 1.82) is 0 Å². The number of primary amides is 1. The van der Waals surface area contributed by atoms with E-state index < -0.39 is 15.9 Å². The number of aryl methyl sites for hydroxylation is 1. The number of nitrogens with one attached hydrogen (secondary N) is 1. The van der Waals surface area contributed by atoms with Gasteiger partial charge in [-0.1, -0.05) is 29.8 Å². The molecule has 4 rings (SSSR count). The number of nitrogens with two attached hydrogens (primary N) is 1. The minimum absolute atomic E-state index is 0.140. The number of anilines is 2. The van der Waals surface area contributed by atoms with E-state index >= 15 is 0 Å². The molecule has 0 aromatic heterocycles. The van der Waals surface area contributed by atoms with Gasteiger partial charge in [0, 0.05) is 17.8 Å². The number of nitrogens with zero attached hydrogens (tertiary/aromatic N) is 1. The van der Waals surface area contributed by atoms with E-state index in [-0.39, 0.29) is 17.2 Å². The molecule has 7 nitrogen and oxygen atoms in total. The first-order valence-corrected chi connectivity index (χ1v) is 11.6. The first-order valence-electron chi connectivity index (χ1n) is 10.1. The molecular formula is C24H23N3O4S. The largest absolute Gasteiger partial charge is 0.369 e. The van der Waals surface area contributed by atoms with Crippen LogP contribution in [0.1, 0.15) is 27.0 Å². The molecule has 3 aromatic carbocycles. The molecule has 2 amide bonds. The lowest BCUT2D eigenvalue weighted by molar-refractivity contribution is -0.117. The minimum atomic E-state index is -3.66. The molecule has 0 radical (unpaired) electrons. The Hall–Kier alpha value is -3.65. The summed E-state index contributed by atoms with van der Waals surface area (Å²) in [6.45, 7) is 2.24. The number of benzene rings is 3. The smallest absolute Gasteiger partial charge is 0.264 e. The fraction of sp³-hybridized carbons (Fsp3) is 0.167. The number of hydrogen-bond donors (Lipinski definition) is 2. The van der Waals surface area contributed by atoms with E-state index in [2.05, 4.69) is 5.32 Å². The van der Waals surface area contributed by atoms with Crippen molar-refractivity contribution in [3.05, 3.63) is 89.0 Å². The highest BCUT2D eigenvalue weighted by molar-refractivity contribution is 7.92. The molecule has 3 N–H and O–H groups in total. The molecule has 0 atom stereocenters. The maximum Gasteiger partial charge on any atom is 0.264 e. The second-order valence-corrected chi connectivity index (χ2v) is 9.64. The number of carbonyl (C=O) groups is 2. The van der Waals surface area contributed by atoms with Crippen LogP contribution in [0.4, 0.5) is 11.4 Å². The zero-order chi connectivity index (χ0) is 22.9. The molecule has 1 aliphatic heterocycles. The summed E-state index contributed by atoms with van der Waals surface area (Å²) in [6.07, 6.45) is 0.671. The number of amides is 2. The first-order chi connectivity index (χ1) is 15.2. The highest BCUT2D eigenvalue weighted by Crippen LogP contribution is 2.33. The second kappa shape index (κ2) is 8.47. The Morgan fingerprint density at radius 3 is 2.34 bits per heavy atom. The maximum atomic E-state index is 13.1. The van der Waals surface area contributed by atoms with E-state index in [0.717, 1.165) is 16.7 Å². The molecule has 0 spiro atoms. The fourth-order valence-corrected chi connectivity index (χ4v) is 5.21. The zero-order valence-corrected chi connectivity index (χ0v) is 18.4. The molecule has 164 valence electrons. The molecule has 8 heteroatoms. The van der Waals surface area contributed by atoms with Crippen LogP contribution in [-0.4, -0.2) is 26.8 Å². The molecule has 1 aliphatic rings. The SMILES string of the molecule is Cc1ccc(S(=O)(=O)N2CCc3cc(C(=O)Nc4ccc(CC(N)=O)cc4)ccc32)cc1. The monoisotopic (exact) mass is 449 g/mol. The standard InChI is InChI=1S/C24H23N3O4S/c1-16-2-9-21(10-3-16)32(30,31)27-13-12-18-15-19(6-11-22(18)27)24(29)26-20-7-4-17(5-8-20)14-23(25)28/h2-11,15H,12-14H2,1H3,(H2,25,28)(H,26,29). The Balaban J connectivity index is 1.51. The molecule has 32 heavy (non-hydrogen) atoms. The lowest BCUT2D eigenvalue weighted by atomic mass is 10.1.